The Kier molecular flexibility index (Phi) is 2.32. The van der Waals surface area contributed by atoms with Crippen molar-refractivity contribution in [3.05, 3.63) is 0 Å². The monoisotopic (exact) mass is 239 g/mol. The summed E-state index contributed by atoms with van der Waals surface area (Å²) in [6.45, 7) is 2.89. The normalized spacial score (nSPS) is 17.6. The lowest BCUT2D eigenvalue weighted by Crippen LogP contribution is -2.27. The third kappa shape index (κ3) is 1.81. The van der Waals surface area contributed by atoms with Gasteiger partial charge in [0.1, 0.15) is 0 Å². The molecule has 52 valence electrons. The zero-order chi connectivity index (χ0) is 6.85. The Labute approximate surface area is 68.7 Å². The van der Waals surface area contributed by atoms with Crippen molar-refractivity contribution in [2.75, 3.05) is 6.54 Å². The molecule has 1 fully saturated rings. The number of carbonyl (C=O) groups is 1. The average Bonchev–Trinajstić information content (AvgIpc) is 2.50. The van der Waals surface area contributed by atoms with Crippen molar-refractivity contribution in [3.8, 4) is 0 Å². The molecule has 0 atom stereocenters. The number of hydrogen-bond donors (Lipinski definition) is 0. The van der Waals surface area contributed by atoms with E-state index in [0.29, 0.717) is 6.04 Å². The Morgan fingerprint density at radius 2 is 2.33 bits per heavy atom. The highest BCUT2D eigenvalue weighted by atomic mass is 127. The summed E-state index contributed by atoms with van der Waals surface area (Å²) in [4.78, 5) is 12.7. The lowest BCUT2D eigenvalue weighted by atomic mass is 10.5. The molecule has 0 aromatic carbocycles. The second-order valence-corrected chi connectivity index (χ2v) is 3.19. The lowest BCUT2D eigenvalue weighted by molar-refractivity contribution is 0.226. The van der Waals surface area contributed by atoms with Crippen LogP contribution in [0.4, 0.5) is 4.79 Å². The molecule has 0 N–H and O–H groups in total. The fraction of sp³-hybridized carbons (Fsp3) is 0.833. The van der Waals surface area contributed by atoms with Gasteiger partial charge in [-0.2, -0.15) is 0 Å². The van der Waals surface area contributed by atoms with Crippen molar-refractivity contribution in [1.29, 1.82) is 0 Å². The summed E-state index contributed by atoms with van der Waals surface area (Å²) in [6, 6.07) is 0.583. The van der Waals surface area contributed by atoms with Crippen molar-refractivity contribution >= 4 is 26.5 Å². The highest BCUT2D eigenvalue weighted by Gasteiger charge is 2.29. The zero-order valence-electron chi connectivity index (χ0n) is 5.43. The first kappa shape index (κ1) is 7.31. The fourth-order valence-electron chi connectivity index (χ4n) is 0.912. The molecule has 0 aromatic heterocycles. The predicted octanol–water partition coefficient (Wildman–Crippen LogP) is 2.03. The molecule has 0 unspecified atom stereocenters. The third-order valence-corrected chi connectivity index (χ3v) is 2.17. The van der Waals surface area contributed by atoms with Gasteiger partial charge in [-0.05, 0) is 19.8 Å². The van der Waals surface area contributed by atoms with Crippen LogP contribution in [-0.2, 0) is 0 Å². The van der Waals surface area contributed by atoms with E-state index in [-0.39, 0.29) is 3.91 Å². The summed E-state index contributed by atoms with van der Waals surface area (Å²) in [6.07, 6.45) is 2.42. The average molecular weight is 239 g/mol. The Morgan fingerprint density at radius 3 is 2.44 bits per heavy atom. The molecule has 0 aromatic rings. The van der Waals surface area contributed by atoms with Crippen LogP contribution in [0.3, 0.4) is 0 Å². The van der Waals surface area contributed by atoms with E-state index in [1.165, 1.54) is 12.8 Å². The summed E-state index contributed by atoms with van der Waals surface area (Å²) in [7, 11) is 0. The van der Waals surface area contributed by atoms with Crippen LogP contribution in [0.15, 0.2) is 0 Å². The van der Waals surface area contributed by atoms with Gasteiger partial charge in [0, 0.05) is 35.2 Å². The SMILES string of the molecule is CCN(C(=O)I)C1CC1. The zero-order valence-corrected chi connectivity index (χ0v) is 7.59. The number of hydrogen-bond acceptors (Lipinski definition) is 1. The number of nitrogens with zero attached hydrogens (tertiary/aromatic N) is 1. The number of carbonyl (C=O) groups excluding carboxylic acids is 1. The van der Waals surface area contributed by atoms with E-state index in [4.69, 9.17) is 0 Å². The molecule has 0 saturated heterocycles. The molecule has 1 amide bonds. The van der Waals surface area contributed by atoms with Crippen LogP contribution in [0, 0.1) is 0 Å². The van der Waals surface area contributed by atoms with Gasteiger partial charge in [-0.25, -0.2) is 0 Å². The maximum Gasteiger partial charge on any atom is 0.283 e. The van der Waals surface area contributed by atoms with Crippen LogP contribution in [0.5, 0.6) is 0 Å². The lowest BCUT2D eigenvalue weighted by Gasteiger charge is -2.15. The highest BCUT2D eigenvalue weighted by molar-refractivity contribution is 14.1. The van der Waals surface area contributed by atoms with Crippen LogP contribution in [0.2, 0.25) is 0 Å². The topological polar surface area (TPSA) is 20.3 Å². The first-order valence-electron chi connectivity index (χ1n) is 3.21. The van der Waals surface area contributed by atoms with Crippen LogP contribution >= 0.6 is 22.6 Å². The van der Waals surface area contributed by atoms with E-state index in [9.17, 15) is 4.79 Å². The summed E-state index contributed by atoms with van der Waals surface area (Å²) in [5.74, 6) is 0. The molecule has 1 aliphatic rings. The minimum absolute atomic E-state index is 0.192. The van der Waals surface area contributed by atoms with Crippen molar-refractivity contribution in [2.24, 2.45) is 0 Å². The molecule has 1 rings (SSSR count). The summed E-state index contributed by atoms with van der Waals surface area (Å²) >= 11 is 1.85. The Bertz CT molecular complexity index is 122. The van der Waals surface area contributed by atoms with E-state index < -0.39 is 0 Å². The molecule has 0 radical (unpaired) electrons. The quantitative estimate of drug-likeness (QED) is 0.410. The van der Waals surface area contributed by atoms with Crippen LogP contribution in [0.25, 0.3) is 0 Å². The van der Waals surface area contributed by atoms with Gasteiger partial charge in [0.25, 0.3) is 3.91 Å². The molecule has 9 heavy (non-hydrogen) atoms. The Balaban J connectivity index is 2.37. The van der Waals surface area contributed by atoms with Crippen molar-refractivity contribution in [2.45, 2.75) is 25.8 Å². The van der Waals surface area contributed by atoms with Crippen molar-refractivity contribution in [3.63, 3.8) is 0 Å². The van der Waals surface area contributed by atoms with Gasteiger partial charge in [-0.1, -0.05) is 0 Å². The van der Waals surface area contributed by atoms with Gasteiger partial charge in [0.15, 0.2) is 0 Å². The first-order chi connectivity index (χ1) is 4.25. The van der Waals surface area contributed by atoms with Gasteiger partial charge in [-0.15, -0.1) is 0 Å². The summed E-state index contributed by atoms with van der Waals surface area (Å²) in [5.41, 5.74) is 0. The van der Waals surface area contributed by atoms with Gasteiger partial charge in [0.05, 0.1) is 0 Å². The largest absolute Gasteiger partial charge is 0.331 e. The molecule has 3 heteroatoms. The maximum atomic E-state index is 10.8. The highest BCUT2D eigenvalue weighted by Crippen LogP contribution is 2.27. The predicted molar refractivity (Wildman–Crippen MR) is 44.8 cm³/mol. The van der Waals surface area contributed by atoms with Gasteiger partial charge in [0.2, 0.25) is 0 Å². The second kappa shape index (κ2) is 2.86. The van der Waals surface area contributed by atoms with Crippen LogP contribution in [0.1, 0.15) is 19.8 Å². The van der Waals surface area contributed by atoms with Crippen LogP contribution in [-0.4, -0.2) is 21.4 Å². The van der Waals surface area contributed by atoms with E-state index >= 15 is 0 Å². The molecule has 0 spiro atoms. The molecule has 1 aliphatic carbocycles. The fourth-order valence-corrected chi connectivity index (χ4v) is 1.65. The summed E-state index contributed by atoms with van der Waals surface area (Å²) < 4.78 is 0.192. The standard InChI is InChI=1S/C6H10INO/c1-2-8(6(7)9)5-3-4-5/h5H,2-4H2,1H3. The molecule has 2 nitrogen and oxygen atoms in total. The van der Waals surface area contributed by atoms with Gasteiger partial charge < -0.3 is 4.90 Å². The maximum absolute atomic E-state index is 10.8. The van der Waals surface area contributed by atoms with E-state index in [1.54, 1.807) is 0 Å². The third-order valence-electron chi connectivity index (χ3n) is 1.55. The van der Waals surface area contributed by atoms with Crippen molar-refractivity contribution in [1.82, 2.24) is 4.90 Å². The molecular formula is C6H10INO. The smallest absolute Gasteiger partial charge is 0.283 e. The number of rotatable bonds is 2. The Morgan fingerprint density at radius 1 is 1.78 bits per heavy atom. The minimum Gasteiger partial charge on any atom is -0.331 e. The van der Waals surface area contributed by atoms with E-state index in [2.05, 4.69) is 0 Å². The van der Waals surface area contributed by atoms with E-state index in [1.807, 2.05) is 34.4 Å². The molecule has 1 saturated carbocycles. The second-order valence-electron chi connectivity index (χ2n) is 2.27. The van der Waals surface area contributed by atoms with E-state index in [0.717, 1.165) is 6.54 Å². The number of halogens is 1. The molecule has 0 bridgehead atoms. The Hall–Kier alpha value is 0.200. The van der Waals surface area contributed by atoms with Gasteiger partial charge in [-0.3, -0.25) is 4.79 Å². The molecular weight excluding hydrogens is 229 g/mol. The summed E-state index contributed by atoms with van der Waals surface area (Å²) in [5, 5.41) is 0. The van der Waals surface area contributed by atoms with Crippen molar-refractivity contribution < 1.29 is 4.79 Å². The number of amides is 1. The molecule has 0 aliphatic heterocycles. The van der Waals surface area contributed by atoms with Crippen LogP contribution < -0.4 is 0 Å². The first-order valence-corrected chi connectivity index (χ1v) is 4.29. The van der Waals surface area contributed by atoms with Gasteiger partial charge >= 0.3 is 0 Å². The minimum atomic E-state index is 0.192. The molecule has 0 heterocycles.